The maximum atomic E-state index is 10.7. The second-order valence-corrected chi connectivity index (χ2v) is 7.70. The second-order valence-electron chi connectivity index (χ2n) is 7.70. The number of benzene rings is 2. The molecule has 4 rings (SSSR count). The van der Waals surface area contributed by atoms with Crippen molar-refractivity contribution >= 4 is 11.8 Å². The number of methoxy groups -OCH3 is 1. The minimum atomic E-state index is -0.916. The van der Waals surface area contributed by atoms with Crippen LogP contribution in [-0.4, -0.2) is 54.5 Å². The number of hydrogen-bond acceptors (Lipinski definition) is 8. The van der Waals surface area contributed by atoms with Crippen LogP contribution in [0.25, 0.3) is 11.3 Å². The van der Waals surface area contributed by atoms with Crippen LogP contribution in [0.2, 0.25) is 0 Å². The highest BCUT2D eigenvalue weighted by Crippen LogP contribution is 2.35. The highest BCUT2D eigenvalue weighted by molar-refractivity contribution is 5.67. The first kappa shape index (κ1) is 23.2. The zero-order chi connectivity index (χ0) is 23.9. The molecule has 0 unspecified atom stereocenters. The van der Waals surface area contributed by atoms with Gasteiger partial charge < -0.3 is 29.4 Å². The highest BCUT2D eigenvalue weighted by atomic mass is 16.6. The molecule has 34 heavy (non-hydrogen) atoms. The van der Waals surface area contributed by atoms with Crippen molar-refractivity contribution in [3.63, 3.8) is 0 Å². The molecule has 2 N–H and O–H groups in total. The van der Waals surface area contributed by atoms with Gasteiger partial charge in [-0.1, -0.05) is 6.07 Å². The van der Waals surface area contributed by atoms with Crippen LogP contribution in [0.3, 0.4) is 0 Å². The van der Waals surface area contributed by atoms with E-state index in [-0.39, 0.29) is 13.0 Å². The van der Waals surface area contributed by atoms with Gasteiger partial charge in [0.05, 0.1) is 25.8 Å². The first-order chi connectivity index (χ1) is 16.5. The lowest BCUT2D eigenvalue weighted by Crippen LogP contribution is -2.17. The van der Waals surface area contributed by atoms with E-state index in [4.69, 9.17) is 24.1 Å². The molecule has 1 aromatic heterocycles. The molecule has 1 aliphatic rings. The molecule has 0 fully saturated rings. The molecule has 178 valence electrons. The van der Waals surface area contributed by atoms with Crippen molar-refractivity contribution in [2.75, 3.05) is 38.8 Å². The predicted molar refractivity (Wildman–Crippen MR) is 126 cm³/mol. The number of rotatable bonds is 10. The summed E-state index contributed by atoms with van der Waals surface area (Å²) in [6.07, 6.45) is 2.23. The lowest BCUT2D eigenvalue weighted by Gasteiger charge is -2.21. The van der Waals surface area contributed by atoms with Crippen molar-refractivity contribution in [2.45, 2.75) is 19.8 Å². The lowest BCUT2D eigenvalue weighted by molar-refractivity contribution is -0.137. The fourth-order valence-corrected chi connectivity index (χ4v) is 3.70. The fourth-order valence-electron chi connectivity index (χ4n) is 3.70. The highest BCUT2D eigenvalue weighted by Gasteiger charge is 2.16. The van der Waals surface area contributed by atoms with E-state index in [0.717, 1.165) is 34.7 Å². The van der Waals surface area contributed by atoms with Crippen LogP contribution in [0.5, 0.6) is 23.0 Å². The number of carbonyl (C=O) groups is 1. The van der Waals surface area contributed by atoms with Crippen LogP contribution in [0, 0.1) is 6.92 Å². The monoisotopic (exact) mass is 465 g/mol. The van der Waals surface area contributed by atoms with Gasteiger partial charge in [0.1, 0.15) is 25.4 Å². The van der Waals surface area contributed by atoms with Crippen LogP contribution < -0.4 is 24.3 Å². The van der Waals surface area contributed by atoms with E-state index in [1.165, 1.54) is 19.0 Å². The topological polar surface area (TPSA) is 112 Å². The molecule has 3 aromatic rings. The zero-order valence-corrected chi connectivity index (χ0v) is 19.2. The molecule has 2 aromatic carbocycles. The summed E-state index contributed by atoms with van der Waals surface area (Å²) in [7, 11) is 1.54. The Morgan fingerprint density at radius 2 is 1.97 bits per heavy atom. The van der Waals surface area contributed by atoms with Gasteiger partial charge in [0.15, 0.2) is 23.0 Å². The summed E-state index contributed by atoms with van der Waals surface area (Å²) in [6.45, 7) is 3.95. The fraction of sp³-hybridized carbons (Fsp3) is 0.320. The van der Waals surface area contributed by atoms with Gasteiger partial charge in [-0.05, 0) is 48.7 Å². The number of nitrogens with zero attached hydrogens (tertiary/aromatic N) is 2. The standard InChI is InChI=1S/C25H27N3O6/c1-16-17(3-6-21-25(16)34-12-11-33-21)7-9-26-23-14-19(27-15-28-23)18-4-5-20(22(13-18)31-2)32-10-8-24(29)30/h3-6,13-15H,7-12H2,1-2H3,(H,29,30)(H,26,27,28). The van der Waals surface area contributed by atoms with Crippen molar-refractivity contribution in [1.82, 2.24) is 9.97 Å². The average molecular weight is 466 g/mol. The van der Waals surface area contributed by atoms with Gasteiger partial charge in [0.25, 0.3) is 0 Å². The quantitative estimate of drug-likeness (QED) is 0.462. The van der Waals surface area contributed by atoms with Crippen LogP contribution >= 0.6 is 0 Å². The van der Waals surface area contributed by atoms with Crippen LogP contribution in [-0.2, 0) is 11.2 Å². The smallest absolute Gasteiger partial charge is 0.306 e. The third-order valence-electron chi connectivity index (χ3n) is 5.47. The molecule has 9 nitrogen and oxygen atoms in total. The van der Waals surface area contributed by atoms with Gasteiger partial charge in [-0.3, -0.25) is 4.79 Å². The Bertz CT molecular complexity index is 1170. The molecule has 0 radical (unpaired) electrons. The van der Waals surface area contributed by atoms with Gasteiger partial charge in [-0.25, -0.2) is 9.97 Å². The van der Waals surface area contributed by atoms with Crippen LogP contribution in [0.4, 0.5) is 5.82 Å². The molecule has 0 aliphatic carbocycles. The van der Waals surface area contributed by atoms with E-state index in [2.05, 4.69) is 21.4 Å². The number of nitrogens with one attached hydrogen (secondary N) is 1. The average Bonchev–Trinajstić information content (AvgIpc) is 2.86. The minimum absolute atomic E-state index is 0.0649. The van der Waals surface area contributed by atoms with E-state index in [9.17, 15) is 4.79 Å². The predicted octanol–water partition coefficient (Wildman–Crippen LogP) is 3.74. The molecule has 0 saturated heterocycles. The Hall–Kier alpha value is -4.01. The summed E-state index contributed by atoms with van der Waals surface area (Å²) in [5.41, 5.74) is 3.84. The zero-order valence-electron chi connectivity index (χ0n) is 19.2. The van der Waals surface area contributed by atoms with Crippen molar-refractivity contribution < 1.29 is 28.8 Å². The molecule has 0 bridgehead atoms. The number of carboxylic acids is 1. The SMILES string of the molecule is COc1cc(-c2cc(NCCc3ccc4c(c3C)OCCO4)ncn2)ccc1OCCC(=O)O. The number of hydrogen-bond donors (Lipinski definition) is 2. The van der Waals surface area contributed by atoms with Crippen molar-refractivity contribution in [2.24, 2.45) is 0 Å². The van der Waals surface area contributed by atoms with E-state index in [1.54, 1.807) is 12.1 Å². The molecule has 0 saturated carbocycles. The number of aliphatic carboxylic acids is 1. The molecule has 0 amide bonds. The van der Waals surface area contributed by atoms with Gasteiger partial charge in [0.2, 0.25) is 0 Å². The normalized spacial score (nSPS) is 12.2. The van der Waals surface area contributed by atoms with E-state index in [1.807, 2.05) is 25.1 Å². The number of carboxylic acid groups (broad SMARTS) is 1. The summed E-state index contributed by atoms with van der Waals surface area (Å²) in [6, 6.07) is 11.3. The Kier molecular flexibility index (Phi) is 7.31. The summed E-state index contributed by atoms with van der Waals surface area (Å²) < 4.78 is 22.3. The summed E-state index contributed by atoms with van der Waals surface area (Å²) >= 11 is 0. The molecule has 2 heterocycles. The first-order valence-electron chi connectivity index (χ1n) is 11.0. The Morgan fingerprint density at radius 3 is 2.79 bits per heavy atom. The maximum Gasteiger partial charge on any atom is 0.306 e. The number of fused-ring (bicyclic) bond motifs is 1. The van der Waals surface area contributed by atoms with Gasteiger partial charge >= 0.3 is 5.97 Å². The summed E-state index contributed by atoms with van der Waals surface area (Å²) in [5, 5.41) is 12.1. The van der Waals surface area contributed by atoms with Crippen molar-refractivity contribution in [3.05, 3.63) is 53.9 Å². The number of aromatic nitrogens is 2. The molecule has 1 aliphatic heterocycles. The molecule has 0 atom stereocenters. The molecular formula is C25H27N3O6. The number of anilines is 1. The lowest BCUT2D eigenvalue weighted by atomic mass is 10.0. The summed E-state index contributed by atoms with van der Waals surface area (Å²) in [4.78, 5) is 19.4. The van der Waals surface area contributed by atoms with Gasteiger partial charge in [0, 0.05) is 18.2 Å². The minimum Gasteiger partial charge on any atom is -0.493 e. The van der Waals surface area contributed by atoms with Crippen molar-refractivity contribution in [3.8, 4) is 34.3 Å². The summed E-state index contributed by atoms with van der Waals surface area (Å²) in [5.74, 6) is 2.41. The van der Waals surface area contributed by atoms with Crippen molar-refractivity contribution in [1.29, 1.82) is 0 Å². The van der Waals surface area contributed by atoms with Gasteiger partial charge in [-0.2, -0.15) is 0 Å². The molecule has 9 heteroatoms. The van der Waals surface area contributed by atoms with Crippen LogP contribution in [0.1, 0.15) is 17.5 Å². The third kappa shape index (κ3) is 5.48. The second kappa shape index (κ2) is 10.7. The van der Waals surface area contributed by atoms with E-state index >= 15 is 0 Å². The van der Waals surface area contributed by atoms with E-state index < -0.39 is 5.97 Å². The third-order valence-corrected chi connectivity index (χ3v) is 5.47. The molecule has 0 spiro atoms. The maximum absolute atomic E-state index is 10.7. The first-order valence-corrected chi connectivity index (χ1v) is 11.0. The largest absolute Gasteiger partial charge is 0.493 e. The Balaban J connectivity index is 1.41. The Labute approximate surface area is 197 Å². The number of ether oxygens (including phenoxy) is 4. The molecular weight excluding hydrogens is 438 g/mol. The van der Waals surface area contributed by atoms with Crippen LogP contribution in [0.15, 0.2) is 42.7 Å². The van der Waals surface area contributed by atoms with E-state index in [0.29, 0.717) is 37.1 Å². The van der Waals surface area contributed by atoms with Gasteiger partial charge in [-0.15, -0.1) is 0 Å². The Morgan fingerprint density at radius 1 is 1.12 bits per heavy atom.